The van der Waals surface area contributed by atoms with E-state index in [1.54, 1.807) is 0 Å². The lowest BCUT2D eigenvalue weighted by Crippen LogP contribution is -2.28. The van der Waals surface area contributed by atoms with Crippen molar-refractivity contribution in [1.29, 1.82) is 0 Å². The van der Waals surface area contributed by atoms with E-state index < -0.39 is 6.10 Å². The van der Waals surface area contributed by atoms with E-state index in [0.717, 1.165) is 32.1 Å². The molecule has 0 heterocycles. The number of allylic oxidation sites excluding steroid dienone is 2. The fourth-order valence-electron chi connectivity index (χ4n) is 9.50. The number of carbonyl (C=O) groups excluding carboxylic acids is 2. The minimum absolute atomic E-state index is 0.0569. The van der Waals surface area contributed by atoms with E-state index in [1.807, 2.05) is 0 Å². The van der Waals surface area contributed by atoms with Gasteiger partial charge in [-0.15, -0.1) is 0 Å². The maximum absolute atomic E-state index is 12.3. The number of aliphatic hydroxyl groups is 1. The Labute approximate surface area is 413 Å². The van der Waals surface area contributed by atoms with Crippen molar-refractivity contribution in [3.63, 3.8) is 0 Å². The topological polar surface area (TPSA) is 72.8 Å². The molecular formula is C61H118O5. The summed E-state index contributed by atoms with van der Waals surface area (Å²) in [6, 6.07) is 0. The average Bonchev–Trinajstić information content (AvgIpc) is 3.32. The van der Waals surface area contributed by atoms with Gasteiger partial charge in [0.05, 0.1) is 6.61 Å². The predicted molar refractivity (Wildman–Crippen MR) is 288 cm³/mol. The molecule has 0 aromatic heterocycles. The maximum atomic E-state index is 12.3. The zero-order valence-electron chi connectivity index (χ0n) is 45.0. The summed E-state index contributed by atoms with van der Waals surface area (Å²) < 4.78 is 10.7. The third-order valence-corrected chi connectivity index (χ3v) is 14.1. The number of aliphatic hydroxyl groups excluding tert-OH is 1. The van der Waals surface area contributed by atoms with Crippen molar-refractivity contribution in [1.82, 2.24) is 0 Å². The van der Waals surface area contributed by atoms with Gasteiger partial charge >= 0.3 is 11.9 Å². The Morgan fingerprint density at radius 3 is 0.818 bits per heavy atom. The van der Waals surface area contributed by atoms with Gasteiger partial charge in [0.15, 0.2) is 6.10 Å². The van der Waals surface area contributed by atoms with Crippen LogP contribution < -0.4 is 0 Å². The van der Waals surface area contributed by atoms with Crippen LogP contribution in [0.4, 0.5) is 0 Å². The van der Waals surface area contributed by atoms with E-state index in [4.69, 9.17) is 9.47 Å². The van der Waals surface area contributed by atoms with Gasteiger partial charge in [-0.1, -0.05) is 309 Å². The van der Waals surface area contributed by atoms with Crippen molar-refractivity contribution < 1.29 is 24.2 Å². The standard InChI is InChI=1S/C61H118O5/c1-3-5-7-9-11-13-15-17-19-21-22-23-24-25-26-27-28-29-30-31-32-33-34-35-36-37-38-40-42-44-46-48-50-52-54-56-61(64)66-59(57-62)58-65-60(63)55-53-51-49-47-45-43-41-39-20-18-16-14-12-10-8-6-4-2/h21-22,59,62H,3-20,23-58H2,1-2H3/b22-21-. The summed E-state index contributed by atoms with van der Waals surface area (Å²) in [6.07, 6.45) is 72.2. The van der Waals surface area contributed by atoms with E-state index >= 15 is 0 Å². The molecule has 5 nitrogen and oxygen atoms in total. The lowest BCUT2D eigenvalue weighted by atomic mass is 10.0. The molecule has 0 amide bonds. The molecule has 0 rings (SSSR count). The summed E-state index contributed by atoms with van der Waals surface area (Å²) in [5.41, 5.74) is 0. The Morgan fingerprint density at radius 2 is 0.561 bits per heavy atom. The van der Waals surface area contributed by atoms with Crippen LogP contribution in [0.25, 0.3) is 0 Å². The minimum atomic E-state index is -0.765. The van der Waals surface area contributed by atoms with Crippen molar-refractivity contribution in [3.8, 4) is 0 Å². The molecule has 1 atom stereocenters. The molecular weight excluding hydrogens is 813 g/mol. The molecule has 0 spiro atoms. The summed E-state index contributed by atoms with van der Waals surface area (Å²) in [5, 5.41) is 9.65. The van der Waals surface area contributed by atoms with Gasteiger partial charge in [-0.2, -0.15) is 0 Å². The number of rotatable bonds is 57. The summed E-state index contributed by atoms with van der Waals surface area (Å²) in [5.74, 6) is -0.566. The molecule has 0 bridgehead atoms. The van der Waals surface area contributed by atoms with Gasteiger partial charge in [0.2, 0.25) is 0 Å². The van der Waals surface area contributed by atoms with Crippen LogP contribution in [-0.2, 0) is 19.1 Å². The molecule has 0 aliphatic carbocycles. The quantitative estimate of drug-likeness (QED) is 0.0374. The molecule has 66 heavy (non-hydrogen) atoms. The Kier molecular flexibility index (Phi) is 56.8. The van der Waals surface area contributed by atoms with E-state index in [1.165, 1.54) is 289 Å². The van der Waals surface area contributed by atoms with E-state index in [-0.39, 0.29) is 25.2 Å². The normalized spacial score (nSPS) is 12.1. The molecule has 0 saturated heterocycles. The first-order chi connectivity index (χ1) is 32.6. The van der Waals surface area contributed by atoms with Crippen LogP contribution in [-0.4, -0.2) is 36.4 Å². The van der Waals surface area contributed by atoms with Gasteiger partial charge in [-0.25, -0.2) is 0 Å². The molecule has 0 radical (unpaired) electrons. The highest BCUT2D eigenvalue weighted by Gasteiger charge is 2.16. The first-order valence-corrected chi connectivity index (χ1v) is 30.2. The number of esters is 2. The van der Waals surface area contributed by atoms with E-state index in [9.17, 15) is 14.7 Å². The first kappa shape index (κ1) is 64.6. The SMILES string of the molecule is CCCCCCCCCC/C=C\CCCCCCCCCCCCCCCCCCCCCCCCCC(=O)OC(CO)COC(=O)CCCCCCCCCCCCCCCCCCC. The predicted octanol–water partition coefficient (Wildman–Crippen LogP) is 20.3. The second kappa shape index (κ2) is 58.0. The Morgan fingerprint density at radius 1 is 0.333 bits per heavy atom. The molecule has 5 heteroatoms. The van der Waals surface area contributed by atoms with Gasteiger partial charge in [-0.3, -0.25) is 9.59 Å². The molecule has 0 saturated carbocycles. The second-order valence-electron chi connectivity index (χ2n) is 20.8. The van der Waals surface area contributed by atoms with Gasteiger partial charge < -0.3 is 14.6 Å². The summed E-state index contributed by atoms with van der Waals surface area (Å²) in [4.78, 5) is 24.5. The average molecular weight is 932 g/mol. The molecule has 0 aromatic rings. The third-order valence-electron chi connectivity index (χ3n) is 14.1. The van der Waals surface area contributed by atoms with Crippen LogP contribution in [0.5, 0.6) is 0 Å². The van der Waals surface area contributed by atoms with Crippen LogP contribution in [0.3, 0.4) is 0 Å². The second-order valence-corrected chi connectivity index (χ2v) is 20.8. The zero-order valence-corrected chi connectivity index (χ0v) is 45.0. The fraction of sp³-hybridized carbons (Fsp3) is 0.934. The van der Waals surface area contributed by atoms with Crippen molar-refractivity contribution in [2.75, 3.05) is 13.2 Å². The van der Waals surface area contributed by atoms with E-state index in [0.29, 0.717) is 12.8 Å². The van der Waals surface area contributed by atoms with Gasteiger partial charge in [0.25, 0.3) is 0 Å². The lowest BCUT2D eigenvalue weighted by Gasteiger charge is -2.15. The van der Waals surface area contributed by atoms with Crippen LogP contribution in [0, 0.1) is 0 Å². The third kappa shape index (κ3) is 55.2. The number of hydrogen-bond acceptors (Lipinski definition) is 5. The highest BCUT2D eigenvalue weighted by molar-refractivity contribution is 5.70. The molecule has 1 unspecified atom stereocenters. The van der Waals surface area contributed by atoms with Gasteiger partial charge in [0, 0.05) is 12.8 Å². The van der Waals surface area contributed by atoms with Crippen molar-refractivity contribution in [3.05, 3.63) is 12.2 Å². The van der Waals surface area contributed by atoms with Crippen molar-refractivity contribution in [2.45, 2.75) is 354 Å². The summed E-state index contributed by atoms with van der Waals surface area (Å²) >= 11 is 0. The molecule has 1 N–H and O–H groups in total. The number of carbonyl (C=O) groups is 2. The van der Waals surface area contributed by atoms with Crippen LogP contribution >= 0.6 is 0 Å². The molecule has 0 aliphatic heterocycles. The summed E-state index contributed by atoms with van der Waals surface area (Å²) in [7, 11) is 0. The van der Waals surface area contributed by atoms with Crippen LogP contribution in [0.15, 0.2) is 12.2 Å². The molecule has 0 fully saturated rings. The van der Waals surface area contributed by atoms with Gasteiger partial charge in [0.1, 0.15) is 6.61 Å². The smallest absolute Gasteiger partial charge is 0.306 e. The highest BCUT2D eigenvalue weighted by Crippen LogP contribution is 2.18. The minimum Gasteiger partial charge on any atom is -0.462 e. The number of ether oxygens (including phenoxy) is 2. The van der Waals surface area contributed by atoms with Crippen LogP contribution in [0.2, 0.25) is 0 Å². The zero-order chi connectivity index (χ0) is 47.7. The molecule has 392 valence electrons. The van der Waals surface area contributed by atoms with Crippen molar-refractivity contribution >= 4 is 11.9 Å². The Balaban J connectivity index is 3.36. The Hall–Kier alpha value is -1.36. The first-order valence-electron chi connectivity index (χ1n) is 30.2. The highest BCUT2D eigenvalue weighted by atomic mass is 16.6. The largest absolute Gasteiger partial charge is 0.462 e. The fourth-order valence-corrected chi connectivity index (χ4v) is 9.50. The monoisotopic (exact) mass is 931 g/mol. The van der Waals surface area contributed by atoms with Crippen LogP contribution in [0.1, 0.15) is 348 Å². The number of hydrogen-bond donors (Lipinski definition) is 1. The number of unbranched alkanes of at least 4 members (excludes halogenated alkanes) is 47. The Bertz CT molecular complexity index is 963. The van der Waals surface area contributed by atoms with E-state index in [2.05, 4.69) is 26.0 Å². The molecule has 0 aliphatic rings. The summed E-state index contributed by atoms with van der Waals surface area (Å²) in [6.45, 7) is 4.20. The molecule has 0 aromatic carbocycles. The maximum Gasteiger partial charge on any atom is 0.306 e. The van der Waals surface area contributed by atoms with Gasteiger partial charge in [-0.05, 0) is 38.5 Å². The van der Waals surface area contributed by atoms with Crippen molar-refractivity contribution in [2.24, 2.45) is 0 Å². The lowest BCUT2D eigenvalue weighted by molar-refractivity contribution is -0.161.